The van der Waals surface area contributed by atoms with Crippen molar-refractivity contribution in [2.45, 2.75) is 30.0 Å². The molecule has 17 heavy (non-hydrogen) atoms. The fraction of sp³-hybridized carbons (Fsp3) is 0.600. The standard InChI is InChI=1S/C15H20BrN/c1-17(9-11-6-14(16)7-11)10-13-8-12-4-2-3-5-15(12)13/h2-5,11,13-14H,6-10H2,1H3. The topological polar surface area (TPSA) is 3.24 Å². The highest BCUT2D eigenvalue weighted by Crippen LogP contribution is 2.37. The number of fused-ring (bicyclic) bond motifs is 1. The first-order valence-electron chi connectivity index (χ1n) is 6.63. The van der Waals surface area contributed by atoms with Crippen molar-refractivity contribution in [3.05, 3.63) is 35.4 Å². The first kappa shape index (κ1) is 11.7. The molecule has 1 fully saturated rings. The maximum absolute atomic E-state index is 3.67. The Bertz CT molecular complexity index is 398. The molecule has 0 aliphatic heterocycles. The number of hydrogen-bond acceptors (Lipinski definition) is 1. The number of hydrogen-bond donors (Lipinski definition) is 0. The molecule has 0 saturated heterocycles. The van der Waals surface area contributed by atoms with Crippen LogP contribution >= 0.6 is 15.9 Å². The van der Waals surface area contributed by atoms with Gasteiger partial charge in [-0.1, -0.05) is 40.2 Å². The van der Waals surface area contributed by atoms with Gasteiger partial charge in [0, 0.05) is 23.8 Å². The number of likely N-dealkylation sites (N-methyl/N-ethyl adjacent to an activating group) is 1. The summed E-state index contributed by atoms with van der Waals surface area (Å²) in [5.41, 5.74) is 3.15. The molecule has 0 N–H and O–H groups in total. The summed E-state index contributed by atoms with van der Waals surface area (Å²) in [5, 5.41) is 0. The lowest BCUT2D eigenvalue weighted by Crippen LogP contribution is -2.38. The monoisotopic (exact) mass is 293 g/mol. The fourth-order valence-corrected chi connectivity index (χ4v) is 4.28. The van der Waals surface area contributed by atoms with Crippen LogP contribution < -0.4 is 0 Å². The summed E-state index contributed by atoms with van der Waals surface area (Å²) in [6.45, 7) is 2.52. The molecule has 1 nitrogen and oxygen atoms in total. The first-order chi connectivity index (χ1) is 8.22. The molecule has 1 aromatic carbocycles. The maximum atomic E-state index is 3.67. The third-order valence-electron chi connectivity index (χ3n) is 4.24. The van der Waals surface area contributed by atoms with Crippen molar-refractivity contribution in [3.63, 3.8) is 0 Å². The molecule has 2 heteroatoms. The Labute approximate surface area is 112 Å². The van der Waals surface area contributed by atoms with Gasteiger partial charge in [0.2, 0.25) is 0 Å². The quantitative estimate of drug-likeness (QED) is 0.769. The molecule has 0 aromatic heterocycles. The van der Waals surface area contributed by atoms with Gasteiger partial charge in [-0.2, -0.15) is 0 Å². The van der Waals surface area contributed by atoms with Crippen molar-refractivity contribution in [3.8, 4) is 0 Å². The molecule has 0 bridgehead atoms. The second kappa shape index (κ2) is 4.74. The van der Waals surface area contributed by atoms with E-state index in [4.69, 9.17) is 0 Å². The minimum Gasteiger partial charge on any atom is -0.305 e. The van der Waals surface area contributed by atoms with Crippen LogP contribution in [-0.4, -0.2) is 29.9 Å². The van der Waals surface area contributed by atoms with Crippen LogP contribution in [-0.2, 0) is 6.42 Å². The molecule has 0 heterocycles. The highest BCUT2D eigenvalue weighted by atomic mass is 79.9. The minimum absolute atomic E-state index is 0.788. The molecule has 1 atom stereocenters. The van der Waals surface area contributed by atoms with Crippen LogP contribution in [0.1, 0.15) is 29.9 Å². The van der Waals surface area contributed by atoms with Crippen molar-refractivity contribution in [1.82, 2.24) is 4.90 Å². The van der Waals surface area contributed by atoms with Crippen molar-refractivity contribution in [2.75, 3.05) is 20.1 Å². The van der Waals surface area contributed by atoms with Gasteiger partial charge in [-0.3, -0.25) is 0 Å². The average Bonchev–Trinajstić information content (AvgIpc) is 2.24. The molecule has 2 aliphatic carbocycles. The van der Waals surface area contributed by atoms with E-state index in [0.29, 0.717) is 0 Å². The predicted molar refractivity (Wildman–Crippen MR) is 75.8 cm³/mol. The van der Waals surface area contributed by atoms with E-state index in [0.717, 1.165) is 16.7 Å². The van der Waals surface area contributed by atoms with Crippen LogP contribution in [0.3, 0.4) is 0 Å². The lowest BCUT2D eigenvalue weighted by Gasteiger charge is -2.38. The molecule has 1 aromatic rings. The number of halogens is 1. The Morgan fingerprint density at radius 2 is 2.00 bits per heavy atom. The summed E-state index contributed by atoms with van der Waals surface area (Å²) in [7, 11) is 2.28. The summed E-state index contributed by atoms with van der Waals surface area (Å²) < 4.78 is 0. The van der Waals surface area contributed by atoms with Crippen LogP contribution in [0.15, 0.2) is 24.3 Å². The van der Waals surface area contributed by atoms with Gasteiger partial charge >= 0.3 is 0 Å². The van der Waals surface area contributed by atoms with Gasteiger partial charge in [-0.05, 0) is 43.4 Å². The summed E-state index contributed by atoms with van der Waals surface area (Å²) in [6.07, 6.45) is 4.02. The second-order valence-electron chi connectivity index (χ2n) is 5.76. The third kappa shape index (κ3) is 2.43. The highest BCUT2D eigenvalue weighted by molar-refractivity contribution is 9.09. The molecule has 2 aliphatic rings. The lowest BCUT2D eigenvalue weighted by atomic mass is 9.77. The second-order valence-corrected chi connectivity index (χ2v) is 7.05. The summed E-state index contributed by atoms with van der Waals surface area (Å²) >= 11 is 3.67. The summed E-state index contributed by atoms with van der Waals surface area (Å²) in [6, 6.07) is 8.90. The molecule has 1 saturated carbocycles. The molecular formula is C15H20BrN. The molecule has 0 radical (unpaired) electrons. The minimum atomic E-state index is 0.788. The van der Waals surface area contributed by atoms with E-state index in [2.05, 4.69) is 52.1 Å². The predicted octanol–water partition coefficient (Wildman–Crippen LogP) is 3.43. The SMILES string of the molecule is CN(CC1CC(Br)C1)CC1Cc2ccccc21. The maximum Gasteiger partial charge on any atom is 0.0152 e. The molecular weight excluding hydrogens is 274 g/mol. The normalized spacial score (nSPS) is 30.6. The lowest BCUT2D eigenvalue weighted by molar-refractivity contribution is 0.201. The van der Waals surface area contributed by atoms with E-state index in [-0.39, 0.29) is 0 Å². The van der Waals surface area contributed by atoms with Crippen LogP contribution in [0.4, 0.5) is 0 Å². The summed E-state index contributed by atoms with van der Waals surface area (Å²) in [4.78, 5) is 3.33. The molecule has 92 valence electrons. The smallest absolute Gasteiger partial charge is 0.0152 e. The Balaban J connectivity index is 1.49. The van der Waals surface area contributed by atoms with Crippen LogP contribution in [0, 0.1) is 5.92 Å². The van der Waals surface area contributed by atoms with E-state index in [1.165, 1.54) is 32.4 Å². The zero-order valence-corrected chi connectivity index (χ0v) is 12.0. The van der Waals surface area contributed by atoms with Gasteiger partial charge < -0.3 is 4.90 Å². The van der Waals surface area contributed by atoms with E-state index >= 15 is 0 Å². The zero-order valence-electron chi connectivity index (χ0n) is 10.4. The average molecular weight is 294 g/mol. The van der Waals surface area contributed by atoms with E-state index in [9.17, 15) is 0 Å². The fourth-order valence-electron chi connectivity index (χ4n) is 3.22. The van der Waals surface area contributed by atoms with Gasteiger partial charge in [-0.15, -0.1) is 0 Å². The Hall–Kier alpha value is -0.340. The molecule has 3 rings (SSSR count). The van der Waals surface area contributed by atoms with Gasteiger partial charge in [-0.25, -0.2) is 0 Å². The van der Waals surface area contributed by atoms with Gasteiger partial charge in [0.05, 0.1) is 0 Å². The van der Waals surface area contributed by atoms with Crippen LogP contribution in [0.5, 0.6) is 0 Å². The van der Waals surface area contributed by atoms with E-state index in [1.54, 1.807) is 11.1 Å². The highest BCUT2D eigenvalue weighted by Gasteiger charge is 2.30. The van der Waals surface area contributed by atoms with Crippen molar-refractivity contribution < 1.29 is 0 Å². The van der Waals surface area contributed by atoms with Crippen molar-refractivity contribution in [2.24, 2.45) is 5.92 Å². The number of benzene rings is 1. The summed E-state index contributed by atoms with van der Waals surface area (Å²) in [5.74, 6) is 1.72. The number of alkyl halides is 1. The molecule has 1 unspecified atom stereocenters. The van der Waals surface area contributed by atoms with Crippen LogP contribution in [0.2, 0.25) is 0 Å². The molecule has 0 amide bonds. The number of rotatable bonds is 4. The largest absolute Gasteiger partial charge is 0.305 e. The van der Waals surface area contributed by atoms with E-state index < -0.39 is 0 Å². The Morgan fingerprint density at radius 3 is 2.71 bits per heavy atom. The first-order valence-corrected chi connectivity index (χ1v) is 7.54. The van der Waals surface area contributed by atoms with Crippen molar-refractivity contribution in [1.29, 1.82) is 0 Å². The van der Waals surface area contributed by atoms with Gasteiger partial charge in [0.1, 0.15) is 0 Å². The van der Waals surface area contributed by atoms with Gasteiger partial charge in [0.25, 0.3) is 0 Å². The number of nitrogens with zero attached hydrogens (tertiary/aromatic N) is 1. The Morgan fingerprint density at radius 1 is 1.24 bits per heavy atom. The molecule has 0 spiro atoms. The zero-order chi connectivity index (χ0) is 11.8. The van der Waals surface area contributed by atoms with E-state index in [1.807, 2.05) is 0 Å². The van der Waals surface area contributed by atoms with Crippen molar-refractivity contribution >= 4 is 15.9 Å². The van der Waals surface area contributed by atoms with Gasteiger partial charge in [0.15, 0.2) is 0 Å². The Kier molecular flexibility index (Phi) is 3.27. The third-order valence-corrected chi connectivity index (χ3v) is 4.99. The van der Waals surface area contributed by atoms with Crippen LogP contribution in [0.25, 0.3) is 0 Å².